The molecule has 26 heavy (non-hydrogen) atoms. The molecular weight excluding hydrogens is 330 g/mol. The topological polar surface area (TPSA) is 9.23 Å². The Kier molecular flexibility index (Phi) is 5.36. The second-order valence-corrected chi connectivity index (χ2v) is 9.19. The van der Waals surface area contributed by atoms with Crippen molar-refractivity contribution < 1.29 is 13.5 Å². The summed E-state index contributed by atoms with van der Waals surface area (Å²) in [6, 6.07) is 1.91. The molecule has 0 aromatic heterocycles. The molecule has 1 unspecified atom stereocenters. The molecule has 1 atom stereocenters. The number of rotatable bonds is 2. The molecule has 1 aliphatic heterocycles. The molecule has 2 fully saturated rings. The minimum Gasteiger partial charge on any atom is -0.373 e. The van der Waals surface area contributed by atoms with Gasteiger partial charge in [-0.1, -0.05) is 19.8 Å². The summed E-state index contributed by atoms with van der Waals surface area (Å²) in [7, 11) is 0. The average Bonchev–Trinajstić information content (AvgIpc) is 2.66. The Labute approximate surface area is 156 Å². The maximum absolute atomic E-state index is 14.8. The standard InChI is InChI=1S/C23H32F2O/c1-14-3-5-16(6-4-14)17-7-9-18(10-8-17)21-12-19-13-26-15(2)11-20(19)22(24)23(21)25/h12,14-18H,3-11,13H2,1-2H3. The van der Waals surface area contributed by atoms with Crippen LogP contribution in [0.25, 0.3) is 0 Å². The van der Waals surface area contributed by atoms with Gasteiger partial charge in [0.25, 0.3) is 0 Å². The van der Waals surface area contributed by atoms with Crippen LogP contribution in [0.4, 0.5) is 8.78 Å². The first-order valence-corrected chi connectivity index (χ1v) is 10.6. The van der Waals surface area contributed by atoms with E-state index in [0.717, 1.165) is 36.2 Å². The predicted octanol–water partition coefficient (Wildman–Crippen LogP) is 6.53. The van der Waals surface area contributed by atoms with Crippen molar-refractivity contribution in [1.29, 1.82) is 0 Å². The highest BCUT2D eigenvalue weighted by molar-refractivity contribution is 5.38. The molecule has 3 aliphatic rings. The van der Waals surface area contributed by atoms with Crippen molar-refractivity contribution in [1.82, 2.24) is 0 Å². The molecule has 1 heterocycles. The van der Waals surface area contributed by atoms with Crippen molar-refractivity contribution in [3.05, 3.63) is 34.4 Å². The molecule has 0 radical (unpaired) electrons. The molecule has 2 saturated carbocycles. The molecule has 0 N–H and O–H groups in total. The maximum atomic E-state index is 14.8. The van der Waals surface area contributed by atoms with E-state index < -0.39 is 11.6 Å². The lowest BCUT2D eigenvalue weighted by Gasteiger charge is -2.37. The van der Waals surface area contributed by atoms with Crippen LogP contribution < -0.4 is 0 Å². The summed E-state index contributed by atoms with van der Waals surface area (Å²) in [5.41, 5.74) is 2.01. The summed E-state index contributed by atoms with van der Waals surface area (Å²) in [4.78, 5) is 0. The maximum Gasteiger partial charge on any atom is 0.162 e. The fourth-order valence-corrected chi connectivity index (χ4v) is 5.62. The lowest BCUT2D eigenvalue weighted by Crippen LogP contribution is -2.26. The first-order chi connectivity index (χ1) is 12.5. The van der Waals surface area contributed by atoms with Gasteiger partial charge in [-0.3, -0.25) is 0 Å². The lowest BCUT2D eigenvalue weighted by molar-refractivity contribution is 0.0394. The molecule has 4 rings (SSSR count). The molecular formula is C23H32F2O. The number of ether oxygens (including phenoxy) is 1. The third-order valence-electron chi connectivity index (χ3n) is 7.38. The monoisotopic (exact) mass is 362 g/mol. The second kappa shape index (κ2) is 7.58. The molecule has 1 nitrogen and oxygen atoms in total. The first-order valence-electron chi connectivity index (χ1n) is 10.6. The van der Waals surface area contributed by atoms with Crippen LogP contribution in [0.2, 0.25) is 0 Å². The number of hydrogen-bond acceptors (Lipinski definition) is 1. The van der Waals surface area contributed by atoms with Crippen molar-refractivity contribution in [3.63, 3.8) is 0 Å². The van der Waals surface area contributed by atoms with E-state index >= 15 is 0 Å². The van der Waals surface area contributed by atoms with Crippen LogP contribution in [0, 0.1) is 29.4 Å². The van der Waals surface area contributed by atoms with Crippen LogP contribution >= 0.6 is 0 Å². The summed E-state index contributed by atoms with van der Waals surface area (Å²) in [5, 5.41) is 0. The highest BCUT2D eigenvalue weighted by atomic mass is 19.2. The highest BCUT2D eigenvalue weighted by Crippen LogP contribution is 2.45. The summed E-state index contributed by atoms with van der Waals surface area (Å²) < 4.78 is 35.1. The van der Waals surface area contributed by atoms with Crippen LogP contribution in [0.1, 0.15) is 87.8 Å². The zero-order valence-electron chi connectivity index (χ0n) is 16.2. The summed E-state index contributed by atoms with van der Waals surface area (Å²) in [6.07, 6.45) is 10.3. The SMILES string of the molecule is CC1CCC(C2CCC(c3cc4c(c(F)c3F)CC(C)OC4)CC2)CC1. The summed E-state index contributed by atoms with van der Waals surface area (Å²) in [5.74, 6) is 1.53. The Hall–Kier alpha value is -0.960. The molecule has 2 aliphatic carbocycles. The fraction of sp³-hybridized carbons (Fsp3) is 0.739. The van der Waals surface area contributed by atoms with E-state index in [9.17, 15) is 8.78 Å². The Bertz CT molecular complexity index is 640. The van der Waals surface area contributed by atoms with Gasteiger partial charge in [0.15, 0.2) is 11.6 Å². The van der Waals surface area contributed by atoms with Crippen LogP contribution in [-0.2, 0) is 17.8 Å². The zero-order chi connectivity index (χ0) is 18.3. The molecule has 0 bridgehead atoms. The first kappa shape index (κ1) is 18.4. The van der Waals surface area contributed by atoms with Gasteiger partial charge >= 0.3 is 0 Å². The van der Waals surface area contributed by atoms with Gasteiger partial charge in [-0.2, -0.15) is 0 Å². The second-order valence-electron chi connectivity index (χ2n) is 9.19. The Morgan fingerprint density at radius 3 is 2.12 bits per heavy atom. The number of benzene rings is 1. The van der Waals surface area contributed by atoms with Gasteiger partial charge in [-0.25, -0.2) is 8.78 Å². The van der Waals surface area contributed by atoms with Gasteiger partial charge in [0.1, 0.15) is 0 Å². The highest BCUT2D eigenvalue weighted by Gasteiger charge is 2.33. The number of hydrogen-bond donors (Lipinski definition) is 0. The molecule has 0 saturated heterocycles. The molecule has 0 amide bonds. The van der Waals surface area contributed by atoms with Gasteiger partial charge in [0.2, 0.25) is 0 Å². The van der Waals surface area contributed by atoms with Crippen LogP contribution in [-0.4, -0.2) is 6.10 Å². The van der Waals surface area contributed by atoms with E-state index in [-0.39, 0.29) is 12.0 Å². The van der Waals surface area contributed by atoms with Crippen molar-refractivity contribution in [2.45, 2.75) is 90.3 Å². The minimum absolute atomic E-state index is 0.0316. The normalized spacial score (nSPS) is 35.2. The molecule has 1 aromatic rings. The van der Waals surface area contributed by atoms with Gasteiger partial charge in [-0.15, -0.1) is 0 Å². The Balaban J connectivity index is 1.45. The average molecular weight is 363 g/mol. The van der Waals surface area contributed by atoms with Crippen molar-refractivity contribution in [2.24, 2.45) is 17.8 Å². The van der Waals surface area contributed by atoms with Gasteiger partial charge in [-0.05, 0) is 91.9 Å². The number of halogens is 2. The predicted molar refractivity (Wildman–Crippen MR) is 100 cm³/mol. The van der Waals surface area contributed by atoms with E-state index in [1.807, 2.05) is 13.0 Å². The van der Waals surface area contributed by atoms with Crippen LogP contribution in [0.5, 0.6) is 0 Å². The fourth-order valence-electron chi connectivity index (χ4n) is 5.62. The smallest absolute Gasteiger partial charge is 0.162 e. The molecule has 1 aromatic carbocycles. The minimum atomic E-state index is -0.615. The zero-order valence-corrected chi connectivity index (χ0v) is 16.2. The Morgan fingerprint density at radius 2 is 1.46 bits per heavy atom. The lowest BCUT2D eigenvalue weighted by atomic mass is 9.68. The van der Waals surface area contributed by atoms with Crippen molar-refractivity contribution in [3.8, 4) is 0 Å². The Morgan fingerprint density at radius 1 is 0.846 bits per heavy atom. The van der Waals surface area contributed by atoms with E-state index in [2.05, 4.69) is 6.92 Å². The third-order valence-corrected chi connectivity index (χ3v) is 7.38. The van der Waals surface area contributed by atoms with E-state index in [1.54, 1.807) is 0 Å². The molecule has 0 spiro atoms. The summed E-state index contributed by atoms with van der Waals surface area (Å²) in [6.45, 7) is 4.70. The van der Waals surface area contributed by atoms with E-state index in [0.29, 0.717) is 24.2 Å². The summed E-state index contributed by atoms with van der Waals surface area (Å²) >= 11 is 0. The quantitative estimate of drug-likeness (QED) is 0.581. The molecule has 144 valence electrons. The largest absolute Gasteiger partial charge is 0.373 e. The van der Waals surface area contributed by atoms with Crippen LogP contribution in [0.3, 0.4) is 0 Å². The van der Waals surface area contributed by atoms with Gasteiger partial charge < -0.3 is 4.74 Å². The van der Waals surface area contributed by atoms with E-state index in [1.165, 1.54) is 38.5 Å². The van der Waals surface area contributed by atoms with Crippen molar-refractivity contribution >= 4 is 0 Å². The molecule has 3 heteroatoms. The van der Waals surface area contributed by atoms with Gasteiger partial charge in [0, 0.05) is 6.42 Å². The van der Waals surface area contributed by atoms with Gasteiger partial charge in [0.05, 0.1) is 12.7 Å². The van der Waals surface area contributed by atoms with Crippen LogP contribution in [0.15, 0.2) is 6.07 Å². The van der Waals surface area contributed by atoms with E-state index in [4.69, 9.17) is 4.74 Å². The number of fused-ring (bicyclic) bond motifs is 1. The van der Waals surface area contributed by atoms with Crippen molar-refractivity contribution in [2.75, 3.05) is 0 Å². The third kappa shape index (κ3) is 3.56.